The number of rotatable bonds is 6. The second-order valence-corrected chi connectivity index (χ2v) is 6.10. The standard InChI is InChI=1S/C10H15ClN2OS2/c1-15-5-4-8(12)10(14)13-6-7-2-3-9(11)16-7/h2-3,8H,4-6,12H2,1H3,(H,13,14)/t8-/m0/s1. The van der Waals surface area contributed by atoms with Crippen molar-refractivity contribution in [2.75, 3.05) is 12.0 Å². The van der Waals surface area contributed by atoms with Crippen molar-refractivity contribution >= 4 is 40.6 Å². The lowest BCUT2D eigenvalue weighted by molar-refractivity contribution is -0.122. The van der Waals surface area contributed by atoms with Gasteiger partial charge in [0.15, 0.2) is 0 Å². The van der Waals surface area contributed by atoms with Gasteiger partial charge in [-0.25, -0.2) is 0 Å². The predicted molar refractivity (Wildman–Crippen MR) is 72.2 cm³/mol. The number of thioether (sulfide) groups is 1. The summed E-state index contributed by atoms with van der Waals surface area (Å²) in [6, 6.07) is 3.31. The van der Waals surface area contributed by atoms with E-state index in [1.54, 1.807) is 11.8 Å². The van der Waals surface area contributed by atoms with Crippen molar-refractivity contribution in [1.82, 2.24) is 5.32 Å². The van der Waals surface area contributed by atoms with Gasteiger partial charge in [-0.05, 0) is 30.6 Å². The Balaban J connectivity index is 2.29. The number of hydrogen-bond donors (Lipinski definition) is 2. The SMILES string of the molecule is CSCC[C@H](N)C(=O)NCc1ccc(Cl)s1. The Labute approximate surface area is 109 Å². The third kappa shape index (κ3) is 4.74. The first kappa shape index (κ1) is 13.8. The average molecular weight is 279 g/mol. The Morgan fingerprint density at radius 2 is 2.44 bits per heavy atom. The Morgan fingerprint density at radius 1 is 1.69 bits per heavy atom. The van der Waals surface area contributed by atoms with E-state index in [0.29, 0.717) is 13.0 Å². The molecule has 6 heteroatoms. The number of carbonyl (C=O) groups is 1. The minimum atomic E-state index is -0.414. The second kappa shape index (κ2) is 7.17. The topological polar surface area (TPSA) is 55.1 Å². The summed E-state index contributed by atoms with van der Waals surface area (Å²) in [4.78, 5) is 12.6. The quantitative estimate of drug-likeness (QED) is 0.838. The van der Waals surface area contributed by atoms with Crippen LogP contribution in [0.2, 0.25) is 4.34 Å². The van der Waals surface area contributed by atoms with Crippen molar-refractivity contribution in [3.8, 4) is 0 Å². The van der Waals surface area contributed by atoms with Crippen molar-refractivity contribution in [2.45, 2.75) is 19.0 Å². The van der Waals surface area contributed by atoms with E-state index in [-0.39, 0.29) is 5.91 Å². The van der Waals surface area contributed by atoms with E-state index in [1.165, 1.54) is 11.3 Å². The van der Waals surface area contributed by atoms with E-state index in [9.17, 15) is 4.79 Å². The lowest BCUT2D eigenvalue weighted by Gasteiger charge is -2.10. The smallest absolute Gasteiger partial charge is 0.237 e. The summed E-state index contributed by atoms with van der Waals surface area (Å²) >= 11 is 8.94. The lowest BCUT2D eigenvalue weighted by Crippen LogP contribution is -2.40. The van der Waals surface area contributed by atoms with E-state index >= 15 is 0 Å². The second-order valence-electron chi connectivity index (χ2n) is 3.31. The third-order valence-corrected chi connectivity index (χ3v) is 3.91. The molecule has 3 N–H and O–H groups in total. The van der Waals surface area contributed by atoms with Gasteiger partial charge in [0.2, 0.25) is 5.91 Å². The highest BCUT2D eigenvalue weighted by Gasteiger charge is 2.12. The number of carbonyl (C=O) groups excluding carboxylic acids is 1. The number of nitrogens with one attached hydrogen (secondary N) is 1. The lowest BCUT2D eigenvalue weighted by atomic mass is 10.2. The van der Waals surface area contributed by atoms with Gasteiger partial charge in [-0.1, -0.05) is 11.6 Å². The van der Waals surface area contributed by atoms with Crippen molar-refractivity contribution < 1.29 is 4.79 Å². The minimum absolute atomic E-state index is 0.0985. The van der Waals surface area contributed by atoms with E-state index in [0.717, 1.165) is 15.0 Å². The number of thiophene rings is 1. The van der Waals surface area contributed by atoms with Crippen molar-refractivity contribution in [3.63, 3.8) is 0 Å². The molecule has 0 aromatic carbocycles. The summed E-state index contributed by atoms with van der Waals surface area (Å²) < 4.78 is 0.732. The minimum Gasteiger partial charge on any atom is -0.350 e. The van der Waals surface area contributed by atoms with Crippen LogP contribution in [0.4, 0.5) is 0 Å². The van der Waals surface area contributed by atoms with Gasteiger partial charge in [0.1, 0.15) is 0 Å². The van der Waals surface area contributed by atoms with Gasteiger partial charge in [-0.2, -0.15) is 11.8 Å². The molecule has 0 radical (unpaired) electrons. The van der Waals surface area contributed by atoms with Crippen LogP contribution in [-0.2, 0) is 11.3 Å². The van der Waals surface area contributed by atoms with Crippen LogP contribution >= 0.6 is 34.7 Å². The van der Waals surface area contributed by atoms with Crippen LogP contribution in [0.15, 0.2) is 12.1 Å². The molecule has 90 valence electrons. The van der Waals surface area contributed by atoms with Gasteiger partial charge in [0.05, 0.1) is 16.9 Å². The molecule has 0 aliphatic heterocycles. The van der Waals surface area contributed by atoms with E-state index in [4.69, 9.17) is 17.3 Å². The van der Waals surface area contributed by atoms with Gasteiger partial charge in [0, 0.05) is 4.88 Å². The first-order valence-corrected chi connectivity index (χ1v) is 7.48. The van der Waals surface area contributed by atoms with Crippen LogP contribution in [-0.4, -0.2) is 24.0 Å². The van der Waals surface area contributed by atoms with E-state index < -0.39 is 6.04 Å². The fourth-order valence-corrected chi connectivity index (χ4v) is 2.64. The van der Waals surface area contributed by atoms with Crippen LogP contribution in [0.3, 0.4) is 0 Å². The molecule has 0 fully saturated rings. The Morgan fingerprint density at radius 3 is 3.00 bits per heavy atom. The van der Waals surface area contributed by atoms with Crippen molar-refractivity contribution in [2.24, 2.45) is 5.73 Å². The number of hydrogen-bond acceptors (Lipinski definition) is 4. The monoisotopic (exact) mass is 278 g/mol. The molecular weight excluding hydrogens is 264 g/mol. The summed E-state index contributed by atoms with van der Waals surface area (Å²) in [5.74, 6) is 0.804. The molecule has 0 spiro atoms. The molecule has 0 aliphatic rings. The molecule has 3 nitrogen and oxygen atoms in total. The summed E-state index contributed by atoms with van der Waals surface area (Å²) in [5, 5.41) is 2.80. The highest BCUT2D eigenvalue weighted by molar-refractivity contribution is 7.98. The molecule has 0 saturated heterocycles. The van der Waals surface area contributed by atoms with Gasteiger partial charge in [-0.15, -0.1) is 11.3 Å². The molecular formula is C10H15ClN2OS2. The summed E-state index contributed by atoms with van der Waals surface area (Å²) in [5.41, 5.74) is 5.72. The maximum Gasteiger partial charge on any atom is 0.237 e. The van der Waals surface area contributed by atoms with Crippen molar-refractivity contribution in [3.05, 3.63) is 21.3 Å². The van der Waals surface area contributed by atoms with Crippen molar-refractivity contribution in [1.29, 1.82) is 0 Å². The Bertz CT molecular complexity index is 343. The van der Waals surface area contributed by atoms with Gasteiger partial charge < -0.3 is 11.1 Å². The molecule has 16 heavy (non-hydrogen) atoms. The summed E-state index contributed by atoms with van der Waals surface area (Å²) in [7, 11) is 0. The van der Waals surface area contributed by atoms with Crippen LogP contribution in [0, 0.1) is 0 Å². The Hall–Kier alpha value is -0.230. The first-order valence-electron chi connectivity index (χ1n) is 4.90. The van der Waals surface area contributed by atoms with Crippen LogP contribution in [0.1, 0.15) is 11.3 Å². The molecule has 1 rings (SSSR count). The van der Waals surface area contributed by atoms with Crippen LogP contribution in [0.5, 0.6) is 0 Å². The highest BCUT2D eigenvalue weighted by atomic mass is 35.5. The zero-order valence-electron chi connectivity index (χ0n) is 9.03. The maximum atomic E-state index is 11.6. The molecule has 0 aliphatic carbocycles. The Kier molecular flexibility index (Phi) is 6.20. The zero-order valence-corrected chi connectivity index (χ0v) is 11.4. The molecule has 1 heterocycles. The van der Waals surface area contributed by atoms with Crippen LogP contribution < -0.4 is 11.1 Å². The third-order valence-electron chi connectivity index (χ3n) is 2.04. The largest absolute Gasteiger partial charge is 0.350 e. The molecule has 1 aromatic rings. The van der Waals surface area contributed by atoms with Gasteiger partial charge in [-0.3, -0.25) is 4.79 Å². The molecule has 0 unspecified atom stereocenters. The molecule has 0 bridgehead atoms. The normalized spacial score (nSPS) is 12.4. The first-order chi connectivity index (χ1) is 7.63. The molecule has 0 saturated carbocycles. The van der Waals surface area contributed by atoms with E-state index in [1.807, 2.05) is 18.4 Å². The molecule has 1 amide bonds. The zero-order chi connectivity index (χ0) is 12.0. The highest BCUT2D eigenvalue weighted by Crippen LogP contribution is 2.20. The number of nitrogens with two attached hydrogens (primary N) is 1. The van der Waals surface area contributed by atoms with E-state index in [2.05, 4.69) is 5.32 Å². The van der Waals surface area contributed by atoms with Gasteiger partial charge >= 0.3 is 0 Å². The summed E-state index contributed by atoms with van der Waals surface area (Å²) in [6.45, 7) is 0.503. The van der Waals surface area contributed by atoms with Gasteiger partial charge in [0.25, 0.3) is 0 Å². The molecule has 1 atom stereocenters. The number of halogens is 1. The van der Waals surface area contributed by atoms with Crippen LogP contribution in [0.25, 0.3) is 0 Å². The fourth-order valence-electron chi connectivity index (χ4n) is 1.13. The maximum absolute atomic E-state index is 11.6. The fraction of sp³-hybridized carbons (Fsp3) is 0.500. The predicted octanol–water partition coefficient (Wildman–Crippen LogP) is 2.10. The summed E-state index contributed by atoms with van der Waals surface area (Å²) in [6.07, 6.45) is 2.70. The molecule has 1 aromatic heterocycles. The average Bonchev–Trinajstić information content (AvgIpc) is 2.68. The number of amides is 1.